The van der Waals surface area contributed by atoms with Crippen LogP contribution in [0.4, 0.5) is 5.95 Å². The van der Waals surface area contributed by atoms with Gasteiger partial charge in [-0.3, -0.25) is 0 Å². The van der Waals surface area contributed by atoms with Gasteiger partial charge in [0.1, 0.15) is 4.90 Å². The topological polar surface area (TPSA) is 121 Å². The van der Waals surface area contributed by atoms with Gasteiger partial charge in [0.25, 0.3) is 10.0 Å². The number of nitriles is 1. The van der Waals surface area contributed by atoms with Crippen LogP contribution in [0.2, 0.25) is 5.02 Å². The van der Waals surface area contributed by atoms with E-state index in [-0.39, 0.29) is 27.4 Å². The molecule has 0 amide bonds. The number of aromatic amines is 1. The van der Waals surface area contributed by atoms with E-state index in [1.165, 1.54) is 18.2 Å². The van der Waals surface area contributed by atoms with Crippen molar-refractivity contribution in [1.29, 1.82) is 5.26 Å². The Morgan fingerprint density at radius 3 is 2.90 bits per heavy atom. The average Bonchev–Trinajstić information content (AvgIpc) is 2.85. The Kier molecular flexibility index (Phi) is 4.30. The number of rotatable bonds is 5. The molecule has 0 aliphatic heterocycles. The minimum atomic E-state index is -3.95. The summed E-state index contributed by atoms with van der Waals surface area (Å²) in [6.45, 7) is 2.10. The van der Waals surface area contributed by atoms with Gasteiger partial charge in [-0.25, -0.2) is 18.2 Å². The second-order valence-electron chi connectivity index (χ2n) is 3.76. The van der Waals surface area contributed by atoms with E-state index in [2.05, 4.69) is 19.9 Å². The number of benzene rings is 1. The van der Waals surface area contributed by atoms with E-state index in [0.717, 1.165) is 0 Å². The van der Waals surface area contributed by atoms with Crippen LogP contribution < -0.4 is 9.46 Å². The van der Waals surface area contributed by atoms with Crippen molar-refractivity contribution in [1.82, 2.24) is 15.2 Å². The van der Waals surface area contributed by atoms with Gasteiger partial charge < -0.3 is 4.74 Å². The van der Waals surface area contributed by atoms with Crippen LogP contribution in [0.1, 0.15) is 12.5 Å². The Morgan fingerprint density at radius 1 is 1.52 bits per heavy atom. The highest BCUT2D eigenvalue weighted by Gasteiger charge is 2.20. The van der Waals surface area contributed by atoms with Gasteiger partial charge in [0.05, 0.1) is 23.3 Å². The third-order valence-corrected chi connectivity index (χ3v) is 4.14. The second kappa shape index (κ2) is 5.99. The van der Waals surface area contributed by atoms with Crippen LogP contribution in [-0.4, -0.2) is 30.2 Å². The molecule has 21 heavy (non-hydrogen) atoms. The number of nitrogens with one attached hydrogen (secondary N) is 2. The van der Waals surface area contributed by atoms with Gasteiger partial charge >= 0.3 is 6.01 Å². The number of H-pyrrole nitrogens is 1. The van der Waals surface area contributed by atoms with Crippen molar-refractivity contribution in [3.63, 3.8) is 0 Å². The van der Waals surface area contributed by atoms with Crippen molar-refractivity contribution < 1.29 is 13.2 Å². The van der Waals surface area contributed by atoms with Crippen molar-refractivity contribution >= 4 is 27.6 Å². The molecular weight excluding hydrogens is 318 g/mol. The number of anilines is 1. The molecule has 0 saturated carbocycles. The molecule has 0 aliphatic carbocycles. The number of halogens is 1. The van der Waals surface area contributed by atoms with E-state index in [9.17, 15) is 8.42 Å². The molecule has 0 fully saturated rings. The summed E-state index contributed by atoms with van der Waals surface area (Å²) in [6.07, 6.45) is 0. The molecule has 110 valence electrons. The first-order valence-electron chi connectivity index (χ1n) is 5.74. The zero-order valence-corrected chi connectivity index (χ0v) is 12.4. The Balaban J connectivity index is 2.27. The zero-order valence-electron chi connectivity index (χ0n) is 10.8. The summed E-state index contributed by atoms with van der Waals surface area (Å²) in [5.74, 6) is -0.0983. The van der Waals surface area contributed by atoms with E-state index < -0.39 is 10.0 Å². The summed E-state index contributed by atoms with van der Waals surface area (Å²) < 4.78 is 31.6. The molecule has 0 bridgehead atoms. The summed E-state index contributed by atoms with van der Waals surface area (Å²) in [4.78, 5) is 3.63. The first-order valence-corrected chi connectivity index (χ1v) is 7.60. The Hall–Kier alpha value is -2.31. The van der Waals surface area contributed by atoms with Crippen molar-refractivity contribution in [3.8, 4) is 12.1 Å². The van der Waals surface area contributed by atoms with Crippen LogP contribution in [0.25, 0.3) is 0 Å². The number of nitrogens with zero attached hydrogens (tertiary/aromatic N) is 3. The largest absolute Gasteiger partial charge is 0.463 e. The monoisotopic (exact) mass is 327 g/mol. The van der Waals surface area contributed by atoms with E-state index in [1.54, 1.807) is 6.92 Å². The van der Waals surface area contributed by atoms with Gasteiger partial charge in [0, 0.05) is 0 Å². The third-order valence-electron chi connectivity index (χ3n) is 2.32. The number of sulfonamides is 1. The van der Waals surface area contributed by atoms with Crippen LogP contribution in [0.15, 0.2) is 23.1 Å². The molecule has 2 aromatic rings. The normalized spacial score (nSPS) is 10.9. The Morgan fingerprint density at radius 2 is 2.29 bits per heavy atom. The number of hydrogen-bond acceptors (Lipinski definition) is 6. The van der Waals surface area contributed by atoms with Gasteiger partial charge in [0.15, 0.2) is 0 Å². The van der Waals surface area contributed by atoms with E-state index >= 15 is 0 Å². The maximum absolute atomic E-state index is 12.2. The smallest absolute Gasteiger partial charge is 0.337 e. The first kappa shape index (κ1) is 15.1. The van der Waals surface area contributed by atoms with Crippen molar-refractivity contribution in [2.45, 2.75) is 11.8 Å². The first-order chi connectivity index (χ1) is 9.96. The van der Waals surface area contributed by atoms with Crippen LogP contribution in [-0.2, 0) is 10.0 Å². The highest BCUT2D eigenvalue weighted by atomic mass is 35.5. The van der Waals surface area contributed by atoms with Crippen LogP contribution in [0.3, 0.4) is 0 Å². The molecular formula is C11H10ClN5O3S. The molecule has 0 spiro atoms. The predicted octanol–water partition coefficient (Wildman–Crippen LogP) is 1.53. The van der Waals surface area contributed by atoms with Gasteiger partial charge in [-0.05, 0) is 25.1 Å². The number of aromatic nitrogens is 3. The molecule has 0 aliphatic rings. The van der Waals surface area contributed by atoms with Gasteiger partial charge in [-0.2, -0.15) is 10.2 Å². The molecule has 8 nitrogen and oxygen atoms in total. The molecule has 2 N–H and O–H groups in total. The summed E-state index contributed by atoms with van der Waals surface area (Å²) >= 11 is 5.87. The molecule has 0 radical (unpaired) electrons. The molecule has 1 heterocycles. The molecule has 10 heteroatoms. The third kappa shape index (κ3) is 3.42. The van der Waals surface area contributed by atoms with E-state index in [0.29, 0.717) is 6.61 Å². The van der Waals surface area contributed by atoms with Crippen LogP contribution in [0, 0.1) is 11.3 Å². The SMILES string of the molecule is CCOc1n[nH]c(NS(=O)(=O)c2ccc(C#N)cc2Cl)n1. The van der Waals surface area contributed by atoms with E-state index in [1.807, 2.05) is 6.07 Å². The lowest BCUT2D eigenvalue weighted by molar-refractivity contribution is 0.314. The van der Waals surface area contributed by atoms with Gasteiger partial charge in [-0.1, -0.05) is 11.6 Å². The summed E-state index contributed by atoms with van der Waals surface area (Å²) in [6, 6.07) is 5.76. The highest BCUT2D eigenvalue weighted by Crippen LogP contribution is 2.24. The van der Waals surface area contributed by atoms with Crippen molar-refractivity contribution in [2.75, 3.05) is 11.3 Å². The summed E-state index contributed by atoms with van der Waals surface area (Å²) in [5.41, 5.74) is 0.261. The average molecular weight is 328 g/mol. The number of ether oxygens (including phenoxy) is 1. The predicted molar refractivity (Wildman–Crippen MR) is 74.5 cm³/mol. The van der Waals surface area contributed by atoms with Crippen LogP contribution >= 0.6 is 11.6 Å². The molecule has 0 atom stereocenters. The van der Waals surface area contributed by atoms with Crippen molar-refractivity contribution in [3.05, 3.63) is 28.8 Å². The lowest BCUT2D eigenvalue weighted by Gasteiger charge is -2.06. The lowest BCUT2D eigenvalue weighted by Crippen LogP contribution is -2.14. The van der Waals surface area contributed by atoms with E-state index in [4.69, 9.17) is 21.6 Å². The molecule has 2 rings (SSSR count). The fourth-order valence-corrected chi connectivity index (χ4v) is 2.96. The molecule has 1 aromatic heterocycles. The van der Waals surface area contributed by atoms with Gasteiger partial charge in [0.2, 0.25) is 5.95 Å². The number of hydrogen-bond donors (Lipinski definition) is 2. The maximum Gasteiger partial charge on any atom is 0.337 e. The Bertz CT molecular complexity index is 796. The van der Waals surface area contributed by atoms with Gasteiger partial charge in [-0.15, -0.1) is 5.10 Å². The fourth-order valence-electron chi connectivity index (χ4n) is 1.46. The maximum atomic E-state index is 12.2. The highest BCUT2D eigenvalue weighted by molar-refractivity contribution is 7.92. The zero-order chi connectivity index (χ0) is 15.5. The summed E-state index contributed by atoms with van der Waals surface area (Å²) in [5, 5.41) is 14.7. The quantitative estimate of drug-likeness (QED) is 0.859. The molecule has 1 aromatic carbocycles. The van der Waals surface area contributed by atoms with Crippen LogP contribution in [0.5, 0.6) is 6.01 Å². The molecule has 0 saturated heterocycles. The minimum absolute atomic E-state index is 0.0288. The minimum Gasteiger partial charge on any atom is -0.463 e. The lowest BCUT2D eigenvalue weighted by atomic mass is 10.2. The Labute approximate surface area is 125 Å². The van der Waals surface area contributed by atoms with Crippen molar-refractivity contribution in [2.24, 2.45) is 0 Å². The molecule has 0 unspecified atom stereocenters. The second-order valence-corrected chi connectivity index (χ2v) is 5.82. The standard InChI is InChI=1S/C11H10ClN5O3S/c1-2-20-11-14-10(15-16-11)17-21(18,19)9-4-3-7(6-13)5-8(9)12/h3-5H,2H2,1H3,(H2,14,15,16,17). The summed E-state index contributed by atoms with van der Waals surface area (Å²) in [7, 11) is -3.95. The fraction of sp³-hybridized carbons (Fsp3) is 0.182.